The maximum absolute atomic E-state index is 12.8. The number of carbonyl (C=O) groups is 2. The van der Waals surface area contributed by atoms with Crippen molar-refractivity contribution in [2.75, 3.05) is 0 Å². The lowest BCUT2D eigenvalue weighted by Crippen LogP contribution is -2.05. The molecule has 3 heteroatoms. The number of carboxylic acid groups (broad SMARTS) is 1. The Morgan fingerprint density at radius 2 is 1.41 bits per heavy atom. The summed E-state index contributed by atoms with van der Waals surface area (Å²) in [5.41, 5.74) is 0.608. The molecule has 0 radical (unpaired) electrons. The van der Waals surface area contributed by atoms with Crippen molar-refractivity contribution in [3.05, 3.63) is 72.3 Å². The lowest BCUT2D eigenvalue weighted by molar-refractivity contribution is -0.136. The molecule has 3 nitrogen and oxygen atoms in total. The van der Waals surface area contributed by atoms with Gasteiger partial charge in [0.15, 0.2) is 5.78 Å². The lowest BCUT2D eigenvalue weighted by atomic mass is 9.87. The van der Waals surface area contributed by atoms with Crippen LogP contribution in [-0.2, 0) is 4.79 Å². The largest absolute Gasteiger partial charge is 0.481 e. The van der Waals surface area contributed by atoms with Crippen LogP contribution in [0.15, 0.2) is 66.7 Å². The molecule has 0 atom stereocenters. The Balaban J connectivity index is 1.91. The monoisotopic (exact) mass is 352 g/mol. The van der Waals surface area contributed by atoms with Gasteiger partial charge < -0.3 is 5.11 Å². The van der Waals surface area contributed by atoms with E-state index in [1.807, 2.05) is 30.3 Å². The Labute approximate surface area is 155 Å². The first-order valence-corrected chi connectivity index (χ1v) is 8.98. The van der Waals surface area contributed by atoms with Crippen molar-refractivity contribution in [3.63, 3.8) is 0 Å². The van der Waals surface area contributed by atoms with E-state index in [1.54, 1.807) is 0 Å². The molecule has 0 aromatic heterocycles. The number of hydrogen-bond acceptors (Lipinski definition) is 2. The SMILES string of the molecule is O=C(O)CCC(=O)c1cc2cc3ccccc3c3ccc4cccc1c4c23. The van der Waals surface area contributed by atoms with E-state index in [1.165, 1.54) is 10.8 Å². The first kappa shape index (κ1) is 15.8. The third-order valence-electron chi connectivity index (χ3n) is 5.35. The molecular formula is C24H16O3. The van der Waals surface area contributed by atoms with Gasteiger partial charge in [0.05, 0.1) is 6.42 Å². The molecule has 0 amide bonds. The second-order valence-electron chi connectivity index (χ2n) is 6.95. The zero-order valence-corrected chi connectivity index (χ0v) is 14.5. The number of ketones is 1. The maximum atomic E-state index is 12.8. The molecule has 0 spiro atoms. The van der Waals surface area contributed by atoms with Gasteiger partial charge in [-0.15, -0.1) is 0 Å². The molecule has 0 aliphatic carbocycles. The molecule has 0 saturated heterocycles. The molecule has 0 bridgehead atoms. The molecule has 0 saturated carbocycles. The van der Waals surface area contributed by atoms with Crippen molar-refractivity contribution in [1.82, 2.24) is 0 Å². The summed E-state index contributed by atoms with van der Waals surface area (Å²) in [5, 5.41) is 17.7. The first-order valence-electron chi connectivity index (χ1n) is 8.98. The molecular weight excluding hydrogens is 336 g/mol. The van der Waals surface area contributed by atoms with Gasteiger partial charge >= 0.3 is 5.97 Å². The van der Waals surface area contributed by atoms with Crippen LogP contribution >= 0.6 is 0 Å². The van der Waals surface area contributed by atoms with Gasteiger partial charge in [-0.25, -0.2) is 0 Å². The van der Waals surface area contributed by atoms with Crippen LogP contribution in [0.2, 0.25) is 0 Å². The molecule has 0 aliphatic heterocycles. The van der Waals surface area contributed by atoms with Crippen molar-refractivity contribution in [1.29, 1.82) is 0 Å². The number of carboxylic acids is 1. The van der Waals surface area contributed by atoms with Gasteiger partial charge in [-0.3, -0.25) is 9.59 Å². The smallest absolute Gasteiger partial charge is 0.303 e. The highest BCUT2D eigenvalue weighted by Crippen LogP contribution is 2.40. The quantitative estimate of drug-likeness (QED) is 0.253. The van der Waals surface area contributed by atoms with Crippen LogP contribution in [0.5, 0.6) is 0 Å². The predicted molar refractivity (Wildman–Crippen MR) is 109 cm³/mol. The molecule has 130 valence electrons. The Bertz CT molecular complexity index is 1360. The van der Waals surface area contributed by atoms with E-state index in [4.69, 9.17) is 5.11 Å². The fraction of sp³-hybridized carbons (Fsp3) is 0.0833. The predicted octanol–water partition coefficient (Wildman–Crippen LogP) is 5.78. The molecule has 1 N–H and O–H groups in total. The molecule has 0 heterocycles. The molecule has 0 unspecified atom stereocenters. The van der Waals surface area contributed by atoms with E-state index in [0.29, 0.717) is 5.56 Å². The number of carbonyl (C=O) groups excluding carboxylic acids is 1. The van der Waals surface area contributed by atoms with Crippen molar-refractivity contribution < 1.29 is 14.7 Å². The third-order valence-corrected chi connectivity index (χ3v) is 5.35. The zero-order valence-electron chi connectivity index (χ0n) is 14.5. The molecule has 0 aliphatic rings. The molecule has 5 rings (SSSR count). The number of fused-ring (bicyclic) bond motifs is 2. The number of rotatable bonds is 4. The minimum Gasteiger partial charge on any atom is -0.481 e. The summed E-state index contributed by atoms with van der Waals surface area (Å²) < 4.78 is 0. The van der Waals surface area contributed by atoms with Gasteiger partial charge in [0.1, 0.15) is 0 Å². The minimum absolute atomic E-state index is 0.0104. The average molecular weight is 352 g/mol. The summed E-state index contributed by atoms with van der Waals surface area (Å²) >= 11 is 0. The van der Waals surface area contributed by atoms with Crippen LogP contribution in [-0.4, -0.2) is 16.9 Å². The molecule has 5 aromatic carbocycles. The van der Waals surface area contributed by atoms with Gasteiger partial charge in [-0.2, -0.15) is 0 Å². The van der Waals surface area contributed by atoms with E-state index in [-0.39, 0.29) is 18.6 Å². The Kier molecular flexibility index (Phi) is 3.37. The maximum Gasteiger partial charge on any atom is 0.303 e. The average Bonchev–Trinajstić information content (AvgIpc) is 2.69. The zero-order chi connectivity index (χ0) is 18.5. The summed E-state index contributed by atoms with van der Waals surface area (Å²) in [7, 11) is 0. The normalized spacial score (nSPS) is 11.7. The summed E-state index contributed by atoms with van der Waals surface area (Å²) in [4.78, 5) is 23.7. The Morgan fingerprint density at radius 3 is 2.26 bits per heavy atom. The summed E-state index contributed by atoms with van der Waals surface area (Å²) in [6.07, 6.45) is -0.141. The Hall–Kier alpha value is -3.46. The van der Waals surface area contributed by atoms with E-state index in [2.05, 4.69) is 36.4 Å². The number of benzene rings is 5. The fourth-order valence-electron chi connectivity index (χ4n) is 4.17. The first-order chi connectivity index (χ1) is 13.1. The molecule has 27 heavy (non-hydrogen) atoms. The highest BCUT2D eigenvalue weighted by molar-refractivity contribution is 6.31. The van der Waals surface area contributed by atoms with E-state index >= 15 is 0 Å². The highest BCUT2D eigenvalue weighted by atomic mass is 16.4. The van der Waals surface area contributed by atoms with Crippen molar-refractivity contribution in [2.45, 2.75) is 12.8 Å². The van der Waals surface area contributed by atoms with E-state index < -0.39 is 5.97 Å². The van der Waals surface area contributed by atoms with Gasteiger partial charge in [-0.1, -0.05) is 54.6 Å². The molecule has 0 fully saturated rings. The fourth-order valence-corrected chi connectivity index (χ4v) is 4.17. The number of aliphatic carboxylic acids is 1. The molecule has 5 aromatic rings. The third kappa shape index (κ3) is 2.36. The van der Waals surface area contributed by atoms with Crippen LogP contribution in [0, 0.1) is 0 Å². The highest BCUT2D eigenvalue weighted by Gasteiger charge is 2.18. The van der Waals surface area contributed by atoms with Gasteiger partial charge in [0.2, 0.25) is 0 Å². The van der Waals surface area contributed by atoms with Crippen LogP contribution in [0.3, 0.4) is 0 Å². The van der Waals surface area contributed by atoms with Crippen LogP contribution in [0.1, 0.15) is 23.2 Å². The second kappa shape index (κ2) is 5.78. The van der Waals surface area contributed by atoms with Crippen LogP contribution in [0.25, 0.3) is 43.1 Å². The topological polar surface area (TPSA) is 54.4 Å². The summed E-state index contributed by atoms with van der Waals surface area (Å²) in [6.45, 7) is 0. The summed E-state index contributed by atoms with van der Waals surface area (Å²) in [6, 6.07) is 22.5. The minimum atomic E-state index is -0.952. The van der Waals surface area contributed by atoms with E-state index in [0.717, 1.165) is 32.3 Å². The number of hydrogen-bond donors (Lipinski definition) is 1. The van der Waals surface area contributed by atoms with Gasteiger partial charge in [0, 0.05) is 12.0 Å². The van der Waals surface area contributed by atoms with Crippen molar-refractivity contribution >= 4 is 54.8 Å². The van der Waals surface area contributed by atoms with Crippen LogP contribution < -0.4 is 0 Å². The van der Waals surface area contributed by atoms with Crippen molar-refractivity contribution in [3.8, 4) is 0 Å². The van der Waals surface area contributed by atoms with Gasteiger partial charge in [0.25, 0.3) is 0 Å². The second-order valence-corrected chi connectivity index (χ2v) is 6.95. The van der Waals surface area contributed by atoms with Gasteiger partial charge in [-0.05, 0) is 55.2 Å². The van der Waals surface area contributed by atoms with Crippen molar-refractivity contribution in [2.24, 2.45) is 0 Å². The van der Waals surface area contributed by atoms with Crippen LogP contribution in [0.4, 0.5) is 0 Å². The standard InChI is InChI=1S/C24H16O3/c25-21(10-11-22(26)27)20-13-16-12-15-4-1-2-6-17(15)19-9-8-14-5-3-7-18(20)23(14)24(16)19/h1-9,12-13H,10-11H2,(H,26,27). The lowest BCUT2D eigenvalue weighted by Gasteiger charge is -2.15. The number of Topliss-reactive ketones (excluding diaryl/α,β-unsaturated/α-hetero) is 1. The summed E-state index contributed by atoms with van der Waals surface area (Å²) in [5.74, 6) is -1.08. The Morgan fingerprint density at radius 1 is 0.667 bits per heavy atom. The van der Waals surface area contributed by atoms with E-state index in [9.17, 15) is 9.59 Å².